The summed E-state index contributed by atoms with van der Waals surface area (Å²) >= 11 is 0. The Morgan fingerprint density at radius 3 is 2.53 bits per heavy atom. The Hall–Kier alpha value is -4.79. The molecule has 0 spiro atoms. The van der Waals surface area contributed by atoms with Crippen LogP contribution in [-0.2, 0) is 0 Å². The zero-order chi connectivity index (χ0) is 25.7. The van der Waals surface area contributed by atoms with E-state index in [1.165, 1.54) is 42.6 Å². The van der Waals surface area contributed by atoms with E-state index in [0.717, 1.165) is 5.01 Å². The highest BCUT2D eigenvalue weighted by molar-refractivity contribution is 6.00. The molecule has 0 aliphatic rings. The number of tetrazole rings is 1. The first kappa shape index (κ1) is 24.3. The Balaban J connectivity index is 1.39. The molecule has 36 heavy (non-hydrogen) atoms. The minimum Gasteiger partial charge on any atom is -0.461 e. The molecule has 0 unspecified atom stereocenters. The number of carbonyl (C=O) groups excluding carboxylic acids is 1. The quantitative estimate of drug-likeness (QED) is 0.141. The highest BCUT2D eigenvalue weighted by atomic mass is 19.4. The Morgan fingerprint density at radius 2 is 1.83 bits per heavy atom. The van der Waals surface area contributed by atoms with Crippen molar-refractivity contribution in [1.82, 2.24) is 35.6 Å². The standard InChI is InChI=1S/C21H18F3N9O3/c22-21(23,24)36-14-4-1-12(2-5-14)13-3-6-16(25)15(11-13)19(34)33(26)9-10-35-20-27-8-7-17(28-20)18-29-31-32-30-18/h1-8,11H,9-10,25-26H2,(H,29,30,31,32). The molecule has 4 aromatic rings. The molecule has 0 aliphatic carbocycles. The number of carbonyl (C=O) groups is 1. The highest BCUT2D eigenvalue weighted by Gasteiger charge is 2.31. The molecular formula is C21H18F3N9O3. The maximum atomic E-state index is 12.9. The third-order valence-electron chi connectivity index (χ3n) is 4.74. The van der Waals surface area contributed by atoms with Gasteiger partial charge in [-0.25, -0.2) is 10.8 Å². The summed E-state index contributed by atoms with van der Waals surface area (Å²) in [6, 6.07) is 11.4. The minimum absolute atomic E-state index is 0.0256. The van der Waals surface area contributed by atoms with Crippen molar-refractivity contribution in [2.24, 2.45) is 5.84 Å². The molecule has 186 valence electrons. The molecule has 1 amide bonds. The lowest BCUT2D eigenvalue weighted by atomic mass is 10.0. The lowest BCUT2D eigenvalue weighted by Gasteiger charge is -2.18. The van der Waals surface area contributed by atoms with E-state index in [-0.39, 0.29) is 42.0 Å². The van der Waals surface area contributed by atoms with Crippen LogP contribution in [0.3, 0.4) is 0 Å². The van der Waals surface area contributed by atoms with Gasteiger partial charge in [0.15, 0.2) is 0 Å². The zero-order valence-corrected chi connectivity index (χ0v) is 18.3. The number of hydrogen-bond acceptors (Lipinski definition) is 10. The third-order valence-corrected chi connectivity index (χ3v) is 4.74. The van der Waals surface area contributed by atoms with Crippen molar-refractivity contribution in [2.75, 3.05) is 18.9 Å². The number of hydrazine groups is 1. The predicted octanol–water partition coefficient (Wildman–Crippen LogP) is 2.20. The topological polar surface area (TPSA) is 171 Å². The second-order valence-corrected chi connectivity index (χ2v) is 7.18. The van der Waals surface area contributed by atoms with Crippen molar-refractivity contribution < 1.29 is 27.4 Å². The summed E-state index contributed by atoms with van der Waals surface area (Å²) in [5.74, 6) is 5.22. The Labute approximate surface area is 201 Å². The summed E-state index contributed by atoms with van der Waals surface area (Å²) in [5.41, 5.74) is 7.73. The second-order valence-electron chi connectivity index (χ2n) is 7.18. The predicted molar refractivity (Wildman–Crippen MR) is 119 cm³/mol. The second kappa shape index (κ2) is 10.2. The van der Waals surface area contributed by atoms with Gasteiger partial charge in [0.2, 0.25) is 5.82 Å². The van der Waals surface area contributed by atoms with Crippen LogP contribution in [0.1, 0.15) is 10.4 Å². The van der Waals surface area contributed by atoms with E-state index in [1.54, 1.807) is 12.1 Å². The molecule has 2 aromatic heterocycles. The first-order valence-electron chi connectivity index (χ1n) is 10.2. The van der Waals surface area contributed by atoms with Crippen LogP contribution in [0.4, 0.5) is 18.9 Å². The average molecular weight is 501 g/mol. The van der Waals surface area contributed by atoms with Gasteiger partial charge < -0.3 is 15.2 Å². The molecule has 0 saturated heterocycles. The summed E-state index contributed by atoms with van der Waals surface area (Å²) in [6.45, 7) is -0.0556. The van der Waals surface area contributed by atoms with E-state index in [4.69, 9.17) is 16.3 Å². The number of H-pyrrole nitrogens is 1. The van der Waals surface area contributed by atoms with Crippen molar-refractivity contribution in [3.05, 3.63) is 60.3 Å². The van der Waals surface area contributed by atoms with Crippen LogP contribution in [0.2, 0.25) is 0 Å². The molecule has 0 fully saturated rings. The smallest absolute Gasteiger partial charge is 0.461 e. The van der Waals surface area contributed by atoms with Gasteiger partial charge in [0.1, 0.15) is 18.1 Å². The van der Waals surface area contributed by atoms with E-state index in [2.05, 4.69) is 35.3 Å². The number of aromatic amines is 1. The number of anilines is 1. The number of nitrogens with zero attached hydrogens (tertiary/aromatic N) is 6. The molecule has 0 saturated carbocycles. The number of nitrogen functional groups attached to an aromatic ring is 1. The van der Waals surface area contributed by atoms with E-state index in [1.807, 2.05) is 0 Å². The van der Waals surface area contributed by atoms with Crippen LogP contribution in [-0.4, -0.2) is 61.0 Å². The summed E-state index contributed by atoms with van der Waals surface area (Å²) < 4.78 is 46.5. The number of halogens is 3. The van der Waals surface area contributed by atoms with Crippen LogP contribution < -0.4 is 21.1 Å². The lowest BCUT2D eigenvalue weighted by molar-refractivity contribution is -0.274. The van der Waals surface area contributed by atoms with Crippen molar-refractivity contribution in [3.63, 3.8) is 0 Å². The fourth-order valence-corrected chi connectivity index (χ4v) is 3.07. The highest BCUT2D eigenvalue weighted by Crippen LogP contribution is 2.28. The van der Waals surface area contributed by atoms with Crippen molar-refractivity contribution in [3.8, 4) is 34.4 Å². The first-order valence-corrected chi connectivity index (χ1v) is 10.2. The maximum Gasteiger partial charge on any atom is 0.573 e. The molecule has 15 heteroatoms. The molecule has 4 rings (SSSR count). The lowest BCUT2D eigenvalue weighted by Crippen LogP contribution is -2.40. The van der Waals surface area contributed by atoms with Gasteiger partial charge in [0.05, 0.1) is 12.1 Å². The molecule has 12 nitrogen and oxygen atoms in total. The maximum absolute atomic E-state index is 12.9. The van der Waals surface area contributed by atoms with E-state index in [0.29, 0.717) is 16.8 Å². The first-order chi connectivity index (χ1) is 17.2. The van der Waals surface area contributed by atoms with Gasteiger partial charge in [0, 0.05) is 11.9 Å². The fraction of sp³-hybridized carbons (Fsp3) is 0.143. The third kappa shape index (κ3) is 6.01. The number of ether oxygens (including phenoxy) is 2. The molecule has 2 aromatic carbocycles. The number of amides is 1. The number of benzene rings is 2. The van der Waals surface area contributed by atoms with Crippen molar-refractivity contribution >= 4 is 11.6 Å². The molecule has 5 N–H and O–H groups in total. The van der Waals surface area contributed by atoms with Crippen LogP contribution in [0, 0.1) is 0 Å². The summed E-state index contributed by atoms with van der Waals surface area (Å²) in [7, 11) is 0. The van der Waals surface area contributed by atoms with Crippen LogP contribution in [0.25, 0.3) is 22.6 Å². The van der Waals surface area contributed by atoms with Crippen LogP contribution >= 0.6 is 0 Å². The Kier molecular flexibility index (Phi) is 6.91. The van der Waals surface area contributed by atoms with Crippen LogP contribution in [0.5, 0.6) is 11.8 Å². The Bertz CT molecular complexity index is 1330. The normalized spacial score (nSPS) is 11.2. The largest absolute Gasteiger partial charge is 0.573 e. The molecule has 0 bridgehead atoms. The van der Waals surface area contributed by atoms with Gasteiger partial charge in [0.25, 0.3) is 5.91 Å². The van der Waals surface area contributed by atoms with Crippen LogP contribution in [0.15, 0.2) is 54.7 Å². The van der Waals surface area contributed by atoms with Gasteiger partial charge in [-0.05, 0) is 46.7 Å². The Morgan fingerprint density at radius 1 is 1.08 bits per heavy atom. The van der Waals surface area contributed by atoms with Crippen molar-refractivity contribution in [1.29, 1.82) is 0 Å². The minimum atomic E-state index is -4.79. The van der Waals surface area contributed by atoms with Gasteiger partial charge in [-0.1, -0.05) is 18.2 Å². The summed E-state index contributed by atoms with van der Waals surface area (Å²) in [6.07, 6.45) is -3.34. The fourth-order valence-electron chi connectivity index (χ4n) is 3.07. The van der Waals surface area contributed by atoms with Gasteiger partial charge >= 0.3 is 12.4 Å². The zero-order valence-electron chi connectivity index (χ0n) is 18.3. The molecule has 2 heterocycles. The van der Waals surface area contributed by atoms with E-state index in [9.17, 15) is 18.0 Å². The van der Waals surface area contributed by atoms with E-state index >= 15 is 0 Å². The molecule has 0 radical (unpaired) electrons. The van der Waals surface area contributed by atoms with Gasteiger partial charge in [-0.3, -0.25) is 9.80 Å². The van der Waals surface area contributed by atoms with Crippen molar-refractivity contribution in [2.45, 2.75) is 6.36 Å². The SMILES string of the molecule is Nc1ccc(-c2ccc(OC(F)(F)F)cc2)cc1C(=O)N(N)CCOc1nccc(-c2nn[nH]n2)n1. The number of rotatable bonds is 8. The average Bonchev–Trinajstić information content (AvgIpc) is 3.39. The summed E-state index contributed by atoms with van der Waals surface area (Å²) in [5, 5.41) is 14.3. The molecule has 0 atom stereocenters. The number of nitrogens with one attached hydrogen (secondary N) is 1. The summed E-state index contributed by atoms with van der Waals surface area (Å²) in [4.78, 5) is 21.0. The van der Waals surface area contributed by atoms with Gasteiger partial charge in [-0.2, -0.15) is 10.2 Å². The number of alkyl halides is 3. The van der Waals surface area contributed by atoms with E-state index < -0.39 is 12.3 Å². The van der Waals surface area contributed by atoms with Gasteiger partial charge in [-0.15, -0.1) is 23.4 Å². The number of aromatic nitrogens is 6. The number of nitrogens with two attached hydrogens (primary N) is 2. The number of hydrogen-bond donors (Lipinski definition) is 3. The monoisotopic (exact) mass is 501 g/mol. The molecular weight excluding hydrogens is 483 g/mol. The molecule has 0 aliphatic heterocycles.